The smallest absolute Gasteiger partial charge is 0.0462 e. The van der Waals surface area contributed by atoms with Gasteiger partial charge < -0.3 is 10.2 Å². The van der Waals surface area contributed by atoms with Gasteiger partial charge in [-0.2, -0.15) is 0 Å². The monoisotopic (exact) mass is 622 g/mol. The molecular formula is C40H35BrN2. The fraction of sp³-hybridized carbons (Fsp3) is 0. The van der Waals surface area contributed by atoms with E-state index in [9.17, 15) is 0 Å². The highest BCUT2D eigenvalue weighted by molar-refractivity contribution is 9.10. The molecule has 0 amide bonds. The molecule has 6 aromatic rings. The van der Waals surface area contributed by atoms with E-state index in [1.165, 1.54) is 0 Å². The summed E-state index contributed by atoms with van der Waals surface area (Å²) in [5.74, 6) is 0. The van der Waals surface area contributed by atoms with Crippen LogP contribution in [0, 0.1) is 0 Å². The van der Waals surface area contributed by atoms with Crippen molar-refractivity contribution in [2.24, 2.45) is 0 Å². The van der Waals surface area contributed by atoms with E-state index in [0.29, 0.717) is 0 Å². The van der Waals surface area contributed by atoms with E-state index >= 15 is 0 Å². The number of para-hydroxylation sites is 4. The minimum atomic E-state index is 1.10. The molecule has 6 aromatic carbocycles. The van der Waals surface area contributed by atoms with Crippen molar-refractivity contribution in [3.8, 4) is 0 Å². The molecule has 0 spiro atoms. The lowest BCUT2D eigenvalue weighted by Crippen LogP contribution is -2.09. The number of nitrogens with one attached hydrogen (secondary N) is 1. The van der Waals surface area contributed by atoms with Gasteiger partial charge in [0, 0.05) is 32.9 Å². The molecule has 3 heteroatoms. The average Bonchev–Trinajstić information content (AvgIpc) is 3.08. The van der Waals surface area contributed by atoms with E-state index in [0.717, 1.165) is 44.0 Å². The fourth-order valence-electron chi connectivity index (χ4n) is 4.17. The van der Waals surface area contributed by atoms with E-state index < -0.39 is 0 Å². The SMILES string of the molecule is C=Cc1ccc(Br)cc1.C=Cc1ccc(N(c2ccccc2)c2ccccc2)cc1.c1ccc(Nc2ccccc2)cc1. The lowest BCUT2D eigenvalue weighted by molar-refractivity contribution is 1.28. The standard InChI is InChI=1S/C20H17N.C12H11N.C8H7Br/c1-2-17-13-15-20(16-14-17)21(18-9-5-3-6-10-18)19-11-7-4-8-12-19;1-3-7-11(8-4-1)13-12-9-5-2-6-10-12;1-2-7-3-5-8(9)6-4-7/h2-16H,1H2;1-10,13H;2-6H,1H2. The van der Waals surface area contributed by atoms with Gasteiger partial charge in [-0.25, -0.2) is 0 Å². The third-order valence-corrected chi connectivity index (χ3v) is 6.89. The number of nitrogens with zero attached hydrogens (tertiary/aromatic N) is 1. The van der Waals surface area contributed by atoms with Gasteiger partial charge in [0.25, 0.3) is 0 Å². The Morgan fingerprint density at radius 1 is 0.419 bits per heavy atom. The van der Waals surface area contributed by atoms with Crippen molar-refractivity contribution in [1.29, 1.82) is 0 Å². The minimum Gasteiger partial charge on any atom is -0.356 e. The molecule has 212 valence electrons. The molecule has 6 rings (SSSR count). The van der Waals surface area contributed by atoms with Gasteiger partial charge in [0.05, 0.1) is 0 Å². The average molecular weight is 624 g/mol. The van der Waals surface area contributed by atoms with Gasteiger partial charge in [0.15, 0.2) is 0 Å². The highest BCUT2D eigenvalue weighted by Gasteiger charge is 2.11. The highest BCUT2D eigenvalue weighted by Crippen LogP contribution is 2.34. The van der Waals surface area contributed by atoms with Crippen molar-refractivity contribution in [2.75, 3.05) is 10.2 Å². The van der Waals surface area contributed by atoms with Gasteiger partial charge in [-0.05, 0) is 83.9 Å². The summed E-state index contributed by atoms with van der Waals surface area (Å²) in [6.45, 7) is 7.45. The van der Waals surface area contributed by atoms with Crippen LogP contribution in [-0.2, 0) is 0 Å². The molecule has 0 heterocycles. The number of hydrogen-bond donors (Lipinski definition) is 1. The molecule has 0 aromatic heterocycles. The second kappa shape index (κ2) is 17.0. The topological polar surface area (TPSA) is 15.3 Å². The van der Waals surface area contributed by atoms with Crippen molar-refractivity contribution in [3.05, 3.63) is 199 Å². The Hall–Kier alpha value is -5.12. The third kappa shape index (κ3) is 10.0. The molecule has 0 aliphatic carbocycles. The molecule has 0 aliphatic rings. The predicted molar refractivity (Wildman–Crippen MR) is 192 cm³/mol. The molecule has 0 fully saturated rings. The number of hydrogen-bond acceptors (Lipinski definition) is 2. The summed E-state index contributed by atoms with van der Waals surface area (Å²) < 4.78 is 1.10. The van der Waals surface area contributed by atoms with Crippen LogP contribution < -0.4 is 10.2 Å². The van der Waals surface area contributed by atoms with Gasteiger partial charge >= 0.3 is 0 Å². The van der Waals surface area contributed by atoms with Crippen LogP contribution in [0.3, 0.4) is 0 Å². The second-order valence-corrected chi connectivity index (χ2v) is 10.3. The Kier molecular flexibility index (Phi) is 12.2. The summed E-state index contributed by atoms with van der Waals surface area (Å²) in [5, 5.41) is 3.30. The van der Waals surface area contributed by atoms with Crippen LogP contribution in [0.4, 0.5) is 28.4 Å². The van der Waals surface area contributed by atoms with E-state index in [-0.39, 0.29) is 0 Å². The van der Waals surface area contributed by atoms with Crippen LogP contribution in [0.2, 0.25) is 0 Å². The van der Waals surface area contributed by atoms with E-state index in [4.69, 9.17) is 0 Å². The number of anilines is 5. The molecule has 0 saturated carbocycles. The maximum atomic E-state index is 3.81. The van der Waals surface area contributed by atoms with E-state index in [1.54, 1.807) is 0 Å². The van der Waals surface area contributed by atoms with Crippen LogP contribution in [-0.4, -0.2) is 0 Å². The van der Waals surface area contributed by atoms with Crippen molar-refractivity contribution in [1.82, 2.24) is 0 Å². The first-order chi connectivity index (χ1) is 21.2. The zero-order chi connectivity index (χ0) is 30.1. The number of halogens is 1. The molecule has 0 atom stereocenters. The molecular weight excluding hydrogens is 588 g/mol. The zero-order valence-electron chi connectivity index (χ0n) is 24.1. The Labute approximate surface area is 264 Å². The van der Waals surface area contributed by atoms with Crippen molar-refractivity contribution in [3.63, 3.8) is 0 Å². The molecule has 0 saturated heterocycles. The summed E-state index contributed by atoms with van der Waals surface area (Å²) in [7, 11) is 0. The van der Waals surface area contributed by atoms with E-state index in [2.05, 4.69) is 112 Å². The van der Waals surface area contributed by atoms with Crippen LogP contribution >= 0.6 is 15.9 Å². The molecule has 0 radical (unpaired) electrons. The molecule has 0 aliphatic heterocycles. The van der Waals surface area contributed by atoms with Crippen molar-refractivity contribution >= 4 is 56.5 Å². The van der Waals surface area contributed by atoms with Crippen LogP contribution in [0.15, 0.2) is 187 Å². The van der Waals surface area contributed by atoms with Gasteiger partial charge in [0.1, 0.15) is 0 Å². The normalized spacial score (nSPS) is 9.70. The van der Waals surface area contributed by atoms with Gasteiger partial charge in [-0.1, -0.05) is 138 Å². The lowest BCUT2D eigenvalue weighted by atomic mass is 10.1. The quantitative estimate of drug-likeness (QED) is 0.190. The van der Waals surface area contributed by atoms with Crippen LogP contribution in [0.1, 0.15) is 11.1 Å². The Morgan fingerprint density at radius 2 is 0.744 bits per heavy atom. The first-order valence-corrected chi connectivity index (χ1v) is 14.8. The van der Waals surface area contributed by atoms with Gasteiger partial charge in [-0.3, -0.25) is 0 Å². The van der Waals surface area contributed by atoms with Gasteiger partial charge in [0.2, 0.25) is 0 Å². The number of benzene rings is 6. The largest absolute Gasteiger partial charge is 0.356 e. The first kappa shape index (κ1) is 30.8. The summed E-state index contributed by atoms with van der Waals surface area (Å²) in [6.07, 6.45) is 3.69. The molecule has 0 unspecified atom stereocenters. The molecule has 43 heavy (non-hydrogen) atoms. The van der Waals surface area contributed by atoms with Crippen molar-refractivity contribution in [2.45, 2.75) is 0 Å². The predicted octanol–water partition coefficient (Wildman–Crippen LogP) is 12.3. The summed E-state index contributed by atoms with van der Waals surface area (Å²) in [4.78, 5) is 2.24. The van der Waals surface area contributed by atoms with Crippen LogP contribution in [0.5, 0.6) is 0 Å². The Balaban J connectivity index is 0.000000163. The fourth-order valence-corrected chi connectivity index (χ4v) is 4.43. The van der Waals surface area contributed by atoms with Crippen LogP contribution in [0.25, 0.3) is 12.2 Å². The maximum absolute atomic E-state index is 3.81. The minimum absolute atomic E-state index is 1.10. The molecule has 1 N–H and O–H groups in total. The Bertz CT molecular complexity index is 1560. The maximum Gasteiger partial charge on any atom is 0.0462 e. The number of rotatable bonds is 7. The summed E-state index contributed by atoms with van der Waals surface area (Å²) >= 11 is 3.34. The third-order valence-electron chi connectivity index (χ3n) is 6.36. The Morgan fingerprint density at radius 3 is 1.12 bits per heavy atom. The summed E-state index contributed by atoms with van der Waals surface area (Å²) in [6, 6.07) is 57.5. The highest BCUT2D eigenvalue weighted by atomic mass is 79.9. The first-order valence-electron chi connectivity index (χ1n) is 14.0. The second-order valence-electron chi connectivity index (χ2n) is 9.41. The summed E-state index contributed by atoms with van der Waals surface area (Å²) in [5.41, 5.74) is 7.95. The van der Waals surface area contributed by atoms with Gasteiger partial charge in [-0.15, -0.1) is 0 Å². The van der Waals surface area contributed by atoms with E-state index in [1.807, 2.05) is 109 Å². The van der Waals surface area contributed by atoms with Crippen molar-refractivity contribution < 1.29 is 0 Å². The zero-order valence-corrected chi connectivity index (χ0v) is 25.6. The molecule has 2 nitrogen and oxygen atoms in total. The lowest BCUT2D eigenvalue weighted by Gasteiger charge is -2.25. The molecule has 0 bridgehead atoms.